The lowest BCUT2D eigenvalue weighted by molar-refractivity contribution is -0.139. The van der Waals surface area contributed by atoms with Gasteiger partial charge in [-0.25, -0.2) is 38.4 Å². The Bertz CT molecular complexity index is 3870. The predicted molar refractivity (Wildman–Crippen MR) is 356 cm³/mol. The Morgan fingerprint density at radius 3 is 0.581 bits per heavy atom. The zero-order valence-corrected chi connectivity index (χ0v) is 51.5. The maximum absolute atomic E-state index is 11.5. The molecule has 0 saturated carbocycles. The van der Waals surface area contributed by atoms with Crippen molar-refractivity contribution in [3.8, 4) is 79.0 Å². The fourth-order valence-corrected chi connectivity index (χ4v) is 7.36. The van der Waals surface area contributed by atoms with Gasteiger partial charge in [0.1, 0.15) is 47.7 Å². The Kier molecular flexibility index (Phi) is 28.1. The lowest BCUT2D eigenvalue weighted by atomic mass is 10.0. The zero-order chi connectivity index (χ0) is 67.8. The molecule has 0 aliphatic heterocycles. The molecule has 0 spiro atoms. The standard InChI is InChI=1S/2C20H18O4.C19H16O4.C18H14O4/c1-13(2)19(21)23-17-9-5-15(6-10-17)16-7-11-18(12-8-16)24-20(22)14(3)4;1-4-19(21)23-13-15-5-7-16(8-6-15)17-9-11-18(12-10-17)24-20(22)14(2)3;1-3-18(20)22-13-14-5-7-15(8-6-14)16-9-11-17(12-10-16)23-19(21)4-2;1-3-17(19)21-15-9-5-13(6-10-15)14-7-11-16(12-8-14)22-18(20)4-2/h5-12H,1,3H2,2,4H3;4-12H,1-2,13H2,3H3;3-12H,1-2,13H2;3-12H,1-2H2. The summed E-state index contributed by atoms with van der Waals surface area (Å²) in [6.45, 7) is 32.6. The maximum Gasteiger partial charge on any atom is 0.338 e. The van der Waals surface area contributed by atoms with Gasteiger partial charge in [-0.1, -0.05) is 174 Å². The molecule has 0 atom stereocenters. The van der Waals surface area contributed by atoms with E-state index in [0.717, 1.165) is 86.0 Å². The summed E-state index contributed by atoms with van der Waals surface area (Å²) in [4.78, 5) is 89.8. The molecule has 0 aromatic heterocycles. The van der Waals surface area contributed by atoms with Crippen LogP contribution < -0.4 is 28.4 Å². The molecule has 16 nitrogen and oxygen atoms in total. The van der Waals surface area contributed by atoms with Crippen LogP contribution in [0.15, 0.2) is 294 Å². The van der Waals surface area contributed by atoms with Crippen molar-refractivity contribution in [2.45, 2.75) is 34.0 Å². The Hall–Kier alpha value is -12.6. The summed E-state index contributed by atoms with van der Waals surface area (Å²) < 4.78 is 40.4. The first-order chi connectivity index (χ1) is 44.6. The molecule has 0 fully saturated rings. The molecule has 0 saturated heterocycles. The predicted octanol–water partition coefficient (Wildman–Crippen LogP) is 15.6. The van der Waals surface area contributed by atoms with Gasteiger partial charge in [0, 0.05) is 47.1 Å². The molecule has 0 radical (unpaired) electrons. The van der Waals surface area contributed by atoms with Crippen molar-refractivity contribution in [3.05, 3.63) is 305 Å². The van der Waals surface area contributed by atoms with Crippen LogP contribution in [0.5, 0.6) is 34.5 Å². The molecule has 0 aliphatic carbocycles. The molecule has 0 N–H and O–H groups in total. The van der Waals surface area contributed by atoms with E-state index >= 15 is 0 Å². The minimum Gasteiger partial charge on any atom is -0.458 e. The zero-order valence-electron chi connectivity index (χ0n) is 51.5. The third-order valence-corrected chi connectivity index (χ3v) is 12.3. The van der Waals surface area contributed by atoms with Gasteiger partial charge >= 0.3 is 47.8 Å². The lowest BCUT2D eigenvalue weighted by Crippen LogP contribution is -2.08. The van der Waals surface area contributed by atoms with E-state index < -0.39 is 47.8 Å². The fraction of sp³-hybridized carbons (Fsp3) is 0.0649. The molecule has 8 aromatic rings. The van der Waals surface area contributed by atoms with Crippen molar-refractivity contribution in [1.29, 1.82) is 0 Å². The smallest absolute Gasteiger partial charge is 0.338 e. The summed E-state index contributed by atoms with van der Waals surface area (Å²) in [7, 11) is 0. The molecule has 8 aromatic carbocycles. The van der Waals surface area contributed by atoms with Gasteiger partial charge in [0.15, 0.2) is 0 Å². The Morgan fingerprint density at radius 2 is 0.419 bits per heavy atom. The first kappa shape index (κ1) is 71.2. The van der Waals surface area contributed by atoms with Crippen molar-refractivity contribution in [3.63, 3.8) is 0 Å². The fourth-order valence-electron chi connectivity index (χ4n) is 7.36. The van der Waals surface area contributed by atoms with Gasteiger partial charge in [-0.05, 0) is 149 Å². The Balaban J connectivity index is 0.000000225. The molecule has 16 heteroatoms. The Morgan fingerprint density at radius 1 is 0.258 bits per heavy atom. The number of hydrogen-bond donors (Lipinski definition) is 0. The van der Waals surface area contributed by atoms with E-state index in [1.54, 1.807) is 93.6 Å². The quantitative estimate of drug-likeness (QED) is 0.0351. The summed E-state index contributed by atoms with van der Waals surface area (Å²) in [5, 5.41) is 0. The first-order valence-electron chi connectivity index (χ1n) is 28.1. The van der Waals surface area contributed by atoms with Crippen LogP contribution in [0.4, 0.5) is 0 Å². The van der Waals surface area contributed by atoms with Crippen molar-refractivity contribution < 1.29 is 76.3 Å². The van der Waals surface area contributed by atoms with Crippen LogP contribution in [-0.2, 0) is 61.0 Å². The van der Waals surface area contributed by atoms with E-state index in [0.29, 0.717) is 51.2 Å². The van der Waals surface area contributed by atoms with E-state index in [-0.39, 0.29) is 13.2 Å². The third kappa shape index (κ3) is 24.5. The number of esters is 8. The number of hydrogen-bond acceptors (Lipinski definition) is 16. The molecular weight excluding hydrogens is 1180 g/mol. The number of carbonyl (C=O) groups is 8. The van der Waals surface area contributed by atoms with E-state index in [4.69, 9.17) is 37.9 Å². The number of carbonyl (C=O) groups excluding carboxylic acids is 8. The van der Waals surface area contributed by atoms with Crippen LogP contribution >= 0.6 is 0 Å². The molecule has 93 heavy (non-hydrogen) atoms. The van der Waals surface area contributed by atoms with E-state index in [9.17, 15) is 38.4 Å². The molecule has 0 bridgehead atoms. The molecule has 0 amide bonds. The molecule has 0 aliphatic rings. The lowest BCUT2D eigenvalue weighted by Gasteiger charge is -2.07. The average Bonchev–Trinajstić information content (AvgIpc) is 1.24. The summed E-state index contributed by atoms with van der Waals surface area (Å²) >= 11 is 0. The summed E-state index contributed by atoms with van der Waals surface area (Å²) in [6.07, 6.45) is 5.60. The van der Waals surface area contributed by atoms with Crippen LogP contribution in [0, 0.1) is 0 Å². The number of benzene rings is 8. The van der Waals surface area contributed by atoms with Crippen LogP contribution in [-0.4, -0.2) is 47.8 Å². The highest BCUT2D eigenvalue weighted by atomic mass is 16.6. The topological polar surface area (TPSA) is 210 Å². The van der Waals surface area contributed by atoms with Gasteiger partial charge in [0.2, 0.25) is 0 Å². The van der Waals surface area contributed by atoms with E-state index in [1.807, 2.05) is 121 Å². The SMILES string of the molecule is C=C(C)C(=O)Oc1ccc(-c2ccc(OC(=O)C(=C)C)cc2)cc1.C=CC(=O)OCc1ccc(-c2ccc(OC(=O)C(=C)C)cc2)cc1.C=CC(=O)OCc1ccc(-c2ccc(OC(=O)C=C)cc2)cc1.C=CC(=O)Oc1ccc(-c2ccc(OC(=O)C=C)cc2)cc1. The minimum atomic E-state index is -0.499. The number of rotatable bonds is 22. The average molecular weight is 1250 g/mol. The van der Waals surface area contributed by atoms with E-state index in [2.05, 4.69) is 52.6 Å². The number of ether oxygens (including phenoxy) is 8. The summed E-state index contributed by atoms with van der Waals surface area (Å²) in [6, 6.07) is 58.0. The van der Waals surface area contributed by atoms with Gasteiger partial charge in [0.05, 0.1) is 0 Å². The summed E-state index contributed by atoms with van der Waals surface area (Å²) in [5.74, 6) is -0.977. The highest BCUT2D eigenvalue weighted by Crippen LogP contribution is 2.29. The van der Waals surface area contributed by atoms with Gasteiger partial charge in [-0.3, -0.25) is 0 Å². The van der Waals surface area contributed by atoms with Gasteiger partial charge in [-0.2, -0.15) is 0 Å². The van der Waals surface area contributed by atoms with Crippen LogP contribution in [0.1, 0.15) is 31.9 Å². The minimum absolute atomic E-state index is 0.209. The third-order valence-electron chi connectivity index (χ3n) is 12.3. The van der Waals surface area contributed by atoms with Gasteiger partial charge < -0.3 is 37.9 Å². The molecule has 0 heterocycles. The molecule has 470 valence electrons. The monoisotopic (exact) mass is 1250 g/mol. The van der Waals surface area contributed by atoms with Crippen molar-refractivity contribution in [1.82, 2.24) is 0 Å². The van der Waals surface area contributed by atoms with Crippen molar-refractivity contribution in [2.75, 3.05) is 0 Å². The normalized spacial score (nSPS) is 9.80. The van der Waals surface area contributed by atoms with Crippen LogP contribution in [0.2, 0.25) is 0 Å². The second-order valence-corrected chi connectivity index (χ2v) is 19.5. The maximum atomic E-state index is 11.5. The highest BCUT2D eigenvalue weighted by molar-refractivity contribution is 5.90. The second kappa shape index (κ2) is 36.7. The molecule has 8 rings (SSSR count). The molecule has 0 unspecified atom stereocenters. The molecular formula is C77H66O16. The van der Waals surface area contributed by atoms with E-state index in [1.165, 1.54) is 0 Å². The second-order valence-electron chi connectivity index (χ2n) is 19.5. The van der Waals surface area contributed by atoms with Gasteiger partial charge in [0.25, 0.3) is 0 Å². The van der Waals surface area contributed by atoms with Crippen molar-refractivity contribution in [2.24, 2.45) is 0 Å². The van der Waals surface area contributed by atoms with Crippen LogP contribution in [0.25, 0.3) is 44.5 Å². The van der Waals surface area contributed by atoms with Gasteiger partial charge in [-0.15, -0.1) is 0 Å². The van der Waals surface area contributed by atoms with Crippen molar-refractivity contribution >= 4 is 47.8 Å². The highest BCUT2D eigenvalue weighted by Gasteiger charge is 2.11. The van der Waals surface area contributed by atoms with Crippen LogP contribution in [0.3, 0.4) is 0 Å². The first-order valence-corrected chi connectivity index (χ1v) is 28.1. The summed E-state index contributed by atoms with van der Waals surface area (Å²) in [5.41, 5.74) is 10.6. The largest absolute Gasteiger partial charge is 0.458 e. The Labute approximate surface area is 539 Å².